The predicted octanol–water partition coefficient (Wildman–Crippen LogP) is 4.82. The van der Waals surface area contributed by atoms with Crippen LogP contribution in [0.1, 0.15) is 35.7 Å². The molecule has 1 atom stereocenters. The van der Waals surface area contributed by atoms with Gasteiger partial charge in [-0.15, -0.1) is 22.7 Å². The first-order valence-electron chi connectivity index (χ1n) is 9.09. The number of thiophene rings is 2. The first kappa shape index (κ1) is 16.9. The normalized spacial score (nSPS) is 17.4. The van der Waals surface area contributed by atoms with Crippen LogP contribution in [0.2, 0.25) is 0 Å². The second-order valence-corrected chi connectivity index (χ2v) is 8.62. The van der Waals surface area contributed by atoms with Gasteiger partial charge in [-0.25, -0.2) is 4.98 Å². The van der Waals surface area contributed by atoms with Crippen LogP contribution >= 0.6 is 22.7 Å². The van der Waals surface area contributed by atoms with Gasteiger partial charge in [-0.3, -0.25) is 9.69 Å². The molecule has 0 saturated heterocycles. The van der Waals surface area contributed by atoms with Crippen LogP contribution in [-0.4, -0.2) is 21.4 Å². The molecule has 1 aliphatic rings. The van der Waals surface area contributed by atoms with E-state index in [4.69, 9.17) is 9.40 Å². The molecule has 0 aromatic carbocycles. The van der Waals surface area contributed by atoms with E-state index in [9.17, 15) is 4.79 Å². The van der Waals surface area contributed by atoms with E-state index in [1.54, 1.807) is 6.26 Å². The Kier molecular flexibility index (Phi) is 4.22. The maximum Gasteiger partial charge on any atom is 0.260 e. The number of hydrogen-bond acceptors (Lipinski definition) is 6. The topological polar surface area (TPSA) is 62.1 Å². The lowest BCUT2D eigenvalue weighted by Crippen LogP contribution is -2.35. The molecule has 5 heterocycles. The maximum atomic E-state index is 12.8. The van der Waals surface area contributed by atoms with Crippen LogP contribution in [0.4, 0.5) is 0 Å². The fourth-order valence-electron chi connectivity index (χ4n) is 3.99. The Hall–Kier alpha value is -2.22. The Morgan fingerprint density at radius 2 is 2.30 bits per heavy atom. The number of nitrogens with one attached hydrogen (secondary N) is 1. The Morgan fingerprint density at radius 1 is 1.37 bits per heavy atom. The van der Waals surface area contributed by atoms with Gasteiger partial charge in [0.1, 0.15) is 16.4 Å². The van der Waals surface area contributed by atoms with Crippen molar-refractivity contribution in [1.29, 1.82) is 0 Å². The van der Waals surface area contributed by atoms with Gasteiger partial charge in [-0.1, -0.05) is 6.92 Å². The molecule has 5 nitrogen and oxygen atoms in total. The fraction of sp³-hybridized carbons (Fsp3) is 0.300. The van der Waals surface area contributed by atoms with Gasteiger partial charge in [0.15, 0.2) is 0 Å². The average Bonchev–Trinajstić information content (AvgIpc) is 3.41. The predicted molar refractivity (Wildman–Crippen MR) is 109 cm³/mol. The molecule has 138 valence electrons. The minimum Gasteiger partial charge on any atom is -0.464 e. The fourth-order valence-corrected chi connectivity index (χ4v) is 5.86. The highest BCUT2D eigenvalue weighted by molar-refractivity contribution is 7.17. The van der Waals surface area contributed by atoms with Crippen LogP contribution in [0.15, 0.2) is 44.4 Å². The largest absolute Gasteiger partial charge is 0.464 e. The zero-order chi connectivity index (χ0) is 18.4. The third-order valence-electron chi connectivity index (χ3n) is 5.22. The highest BCUT2D eigenvalue weighted by atomic mass is 32.1. The van der Waals surface area contributed by atoms with Crippen molar-refractivity contribution in [1.82, 2.24) is 14.9 Å². The zero-order valence-electron chi connectivity index (χ0n) is 14.9. The second-order valence-electron chi connectivity index (χ2n) is 6.76. The van der Waals surface area contributed by atoms with Crippen LogP contribution in [0.25, 0.3) is 21.5 Å². The van der Waals surface area contributed by atoms with E-state index in [1.165, 1.54) is 21.8 Å². The molecular formula is C20H19N3O2S2. The summed E-state index contributed by atoms with van der Waals surface area (Å²) in [7, 11) is 0. The molecule has 0 amide bonds. The third-order valence-corrected chi connectivity index (χ3v) is 7.09. The van der Waals surface area contributed by atoms with Crippen molar-refractivity contribution in [3.8, 4) is 11.3 Å². The first-order valence-corrected chi connectivity index (χ1v) is 10.8. The highest BCUT2D eigenvalue weighted by Gasteiger charge is 2.27. The van der Waals surface area contributed by atoms with Crippen molar-refractivity contribution >= 4 is 32.9 Å². The van der Waals surface area contributed by atoms with Gasteiger partial charge in [-0.2, -0.15) is 0 Å². The van der Waals surface area contributed by atoms with Crippen molar-refractivity contribution in [3.05, 3.63) is 61.8 Å². The van der Waals surface area contributed by atoms with Crippen LogP contribution in [-0.2, 0) is 13.0 Å². The molecule has 27 heavy (non-hydrogen) atoms. The molecule has 7 heteroatoms. The van der Waals surface area contributed by atoms with Gasteiger partial charge >= 0.3 is 0 Å². The zero-order valence-corrected chi connectivity index (χ0v) is 16.5. The number of hydrogen-bond donors (Lipinski definition) is 1. The Labute approximate surface area is 164 Å². The van der Waals surface area contributed by atoms with Gasteiger partial charge in [0.25, 0.3) is 5.56 Å². The van der Waals surface area contributed by atoms with Gasteiger partial charge < -0.3 is 9.40 Å². The summed E-state index contributed by atoms with van der Waals surface area (Å²) >= 11 is 3.34. The molecule has 1 N–H and O–H groups in total. The SMILES string of the molecule is CCC1c2ccsc2CCN1Cc1nc2scc(-c3ccco3)c2c(=O)[nH]1. The van der Waals surface area contributed by atoms with Gasteiger partial charge in [0.05, 0.1) is 18.2 Å². The highest BCUT2D eigenvalue weighted by Crippen LogP contribution is 2.36. The average molecular weight is 398 g/mol. The Bertz CT molecular complexity index is 1140. The first-order chi connectivity index (χ1) is 13.2. The number of rotatable bonds is 4. The summed E-state index contributed by atoms with van der Waals surface area (Å²) in [6, 6.07) is 6.33. The summed E-state index contributed by atoms with van der Waals surface area (Å²) in [6.07, 6.45) is 3.74. The molecule has 1 aliphatic heterocycles. The van der Waals surface area contributed by atoms with E-state index >= 15 is 0 Å². The molecule has 0 aliphatic carbocycles. The summed E-state index contributed by atoms with van der Waals surface area (Å²) < 4.78 is 5.47. The van der Waals surface area contributed by atoms with E-state index in [2.05, 4.69) is 28.3 Å². The molecular weight excluding hydrogens is 378 g/mol. The number of aromatic nitrogens is 2. The lowest BCUT2D eigenvalue weighted by molar-refractivity contribution is 0.169. The second kappa shape index (κ2) is 6.74. The molecule has 1 unspecified atom stereocenters. The number of nitrogens with zero attached hydrogens (tertiary/aromatic N) is 2. The van der Waals surface area contributed by atoms with E-state index in [0.717, 1.165) is 35.6 Å². The van der Waals surface area contributed by atoms with Crippen molar-refractivity contribution < 1.29 is 4.42 Å². The van der Waals surface area contributed by atoms with E-state index in [0.29, 0.717) is 23.7 Å². The van der Waals surface area contributed by atoms with Gasteiger partial charge in [-0.05, 0) is 42.0 Å². The summed E-state index contributed by atoms with van der Waals surface area (Å²) in [5, 5.41) is 4.75. The Balaban J connectivity index is 1.49. The van der Waals surface area contributed by atoms with Crippen molar-refractivity contribution in [2.75, 3.05) is 6.54 Å². The maximum absolute atomic E-state index is 12.8. The minimum absolute atomic E-state index is 0.0936. The summed E-state index contributed by atoms with van der Waals surface area (Å²) in [4.78, 5) is 25.2. The smallest absolute Gasteiger partial charge is 0.260 e. The van der Waals surface area contributed by atoms with Crippen LogP contribution in [0, 0.1) is 0 Å². The Morgan fingerprint density at radius 3 is 3.11 bits per heavy atom. The van der Waals surface area contributed by atoms with Crippen molar-refractivity contribution in [3.63, 3.8) is 0 Å². The van der Waals surface area contributed by atoms with E-state index < -0.39 is 0 Å². The van der Waals surface area contributed by atoms with Gasteiger partial charge in [0.2, 0.25) is 0 Å². The molecule has 4 aromatic rings. The monoisotopic (exact) mass is 397 g/mol. The van der Waals surface area contributed by atoms with Crippen LogP contribution in [0.3, 0.4) is 0 Å². The molecule has 4 aromatic heterocycles. The number of fused-ring (bicyclic) bond motifs is 2. The third kappa shape index (κ3) is 2.86. The molecule has 0 saturated carbocycles. The van der Waals surface area contributed by atoms with Crippen molar-refractivity contribution in [2.45, 2.75) is 32.4 Å². The lowest BCUT2D eigenvalue weighted by atomic mass is 9.98. The molecule has 0 fully saturated rings. The molecule has 5 rings (SSSR count). The summed E-state index contributed by atoms with van der Waals surface area (Å²) in [6.45, 7) is 3.88. The molecule has 0 bridgehead atoms. The summed E-state index contributed by atoms with van der Waals surface area (Å²) in [5.74, 6) is 1.44. The number of aromatic amines is 1. The van der Waals surface area contributed by atoms with E-state index in [1.807, 2.05) is 28.8 Å². The molecule has 0 spiro atoms. The standard InChI is InChI=1S/C20H19N3O2S2/c1-2-14-12-6-9-26-16(12)5-7-23(14)10-17-21-19(24)18-13(11-27-20(18)22-17)15-4-3-8-25-15/h3-4,6,8-9,11,14H,2,5,7,10H2,1H3,(H,21,22,24). The van der Waals surface area contributed by atoms with Crippen molar-refractivity contribution in [2.24, 2.45) is 0 Å². The summed E-state index contributed by atoms with van der Waals surface area (Å²) in [5.41, 5.74) is 2.16. The number of furan rings is 1. The van der Waals surface area contributed by atoms with Crippen LogP contribution in [0.5, 0.6) is 0 Å². The molecule has 0 radical (unpaired) electrons. The van der Waals surface area contributed by atoms with E-state index in [-0.39, 0.29) is 5.56 Å². The quantitative estimate of drug-likeness (QED) is 0.536. The minimum atomic E-state index is -0.0936. The number of H-pyrrole nitrogens is 1. The van der Waals surface area contributed by atoms with Gasteiger partial charge in [0, 0.05) is 28.4 Å². The van der Waals surface area contributed by atoms with Crippen LogP contribution < -0.4 is 5.56 Å². The lowest BCUT2D eigenvalue weighted by Gasteiger charge is -2.34.